The number of ether oxygens (including phenoxy) is 1. The monoisotopic (exact) mass is 368 g/mol. The van der Waals surface area contributed by atoms with Gasteiger partial charge in [0, 0.05) is 35.6 Å². The number of rotatable bonds is 11. The number of unbranched alkanes of at least 4 members (excludes halogenated alkanes) is 3. The van der Waals surface area contributed by atoms with Crippen LogP contribution in [0.15, 0.2) is 36.9 Å². The molecule has 0 aliphatic heterocycles. The van der Waals surface area contributed by atoms with Crippen LogP contribution in [0.3, 0.4) is 0 Å². The van der Waals surface area contributed by atoms with Crippen LogP contribution in [-0.2, 0) is 11.3 Å². The molecule has 1 heterocycles. The SMILES string of the molecule is CCCCCCOC(CCCn1ccnc1)c1ccc(Cl)cc1Cl. The topological polar surface area (TPSA) is 27.1 Å². The zero-order valence-electron chi connectivity index (χ0n) is 14.3. The normalized spacial score (nSPS) is 12.5. The van der Waals surface area contributed by atoms with Crippen molar-refractivity contribution < 1.29 is 4.74 Å². The van der Waals surface area contributed by atoms with E-state index in [0.29, 0.717) is 10.0 Å². The lowest BCUT2D eigenvalue weighted by Gasteiger charge is -2.20. The molecule has 1 atom stereocenters. The van der Waals surface area contributed by atoms with E-state index in [4.69, 9.17) is 27.9 Å². The number of benzene rings is 1. The third-order valence-electron chi connectivity index (χ3n) is 4.07. The number of hydrogen-bond donors (Lipinski definition) is 0. The van der Waals surface area contributed by atoms with Crippen molar-refractivity contribution in [2.24, 2.45) is 0 Å². The van der Waals surface area contributed by atoms with Crippen molar-refractivity contribution in [1.29, 1.82) is 0 Å². The van der Waals surface area contributed by atoms with Crippen molar-refractivity contribution in [2.45, 2.75) is 58.1 Å². The summed E-state index contributed by atoms with van der Waals surface area (Å²) in [5.41, 5.74) is 1.03. The molecule has 0 amide bonds. The lowest BCUT2D eigenvalue weighted by atomic mass is 10.0. The smallest absolute Gasteiger partial charge is 0.0945 e. The Balaban J connectivity index is 1.92. The highest BCUT2D eigenvalue weighted by Crippen LogP contribution is 2.31. The summed E-state index contributed by atoms with van der Waals surface area (Å²) in [5.74, 6) is 0. The molecule has 0 aliphatic rings. The average Bonchev–Trinajstić information content (AvgIpc) is 3.07. The number of aryl methyl sites for hydroxylation is 1. The zero-order chi connectivity index (χ0) is 17.2. The summed E-state index contributed by atoms with van der Waals surface area (Å²) >= 11 is 12.4. The predicted octanol–water partition coefficient (Wildman–Crippen LogP) is 6.31. The van der Waals surface area contributed by atoms with Crippen LogP contribution in [-0.4, -0.2) is 16.2 Å². The Hall–Kier alpha value is -1.03. The molecule has 0 radical (unpaired) electrons. The van der Waals surface area contributed by atoms with E-state index in [9.17, 15) is 0 Å². The minimum Gasteiger partial charge on any atom is -0.373 e. The molecular weight excluding hydrogens is 343 g/mol. The maximum absolute atomic E-state index is 6.39. The summed E-state index contributed by atoms with van der Waals surface area (Å²) < 4.78 is 8.25. The summed E-state index contributed by atoms with van der Waals surface area (Å²) in [6, 6.07) is 5.66. The molecule has 24 heavy (non-hydrogen) atoms. The van der Waals surface area contributed by atoms with Gasteiger partial charge in [-0.15, -0.1) is 0 Å². The number of hydrogen-bond acceptors (Lipinski definition) is 2. The van der Waals surface area contributed by atoms with Gasteiger partial charge in [0.25, 0.3) is 0 Å². The molecule has 0 saturated heterocycles. The summed E-state index contributed by atoms with van der Waals surface area (Å²) in [6.07, 6.45) is 12.4. The number of nitrogens with zero attached hydrogens (tertiary/aromatic N) is 2. The van der Waals surface area contributed by atoms with E-state index in [2.05, 4.69) is 16.5 Å². The summed E-state index contributed by atoms with van der Waals surface area (Å²) in [6.45, 7) is 3.92. The van der Waals surface area contributed by atoms with Crippen LogP contribution in [0.2, 0.25) is 10.0 Å². The highest BCUT2D eigenvalue weighted by atomic mass is 35.5. The molecule has 1 aromatic carbocycles. The molecule has 1 aromatic heterocycles. The van der Waals surface area contributed by atoms with Crippen LogP contribution in [0, 0.1) is 0 Å². The number of aromatic nitrogens is 2. The zero-order valence-corrected chi connectivity index (χ0v) is 15.8. The van der Waals surface area contributed by atoms with Crippen LogP contribution in [0.5, 0.6) is 0 Å². The Morgan fingerprint density at radius 3 is 2.75 bits per heavy atom. The standard InChI is InChI=1S/C19H26Cl2N2O/c1-2-3-4-5-13-24-19(7-6-11-23-12-10-22-15-23)17-9-8-16(20)14-18(17)21/h8-10,12,14-15,19H,2-7,11,13H2,1H3. The van der Waals surface area contributed by atoms with E-state index < -0.39 is 0 Å². The second kappa shape index (κ2) is 10.8. The highest BCUT2D eigenvalue weighted by molar-refractivity contribution is 6.35. The van der Waals surface area contributed by atoms with Crippen LogP contribution < -0.4 is 0 Å². The molecule has 0 aliphatic carbocycles. The van der Waals surface area contributed by atoms with Crippen LogP contribution >= 0.6 is 23.2 Å². The fraction of sp³-hybridized carbons (Fsp3) is 0.526. The van der Waals surface area contributed by atoms with Crippen molar-refractivity contribution in [3.05, 3.63) is 52.5 Å². The van der Waals surface area contributed by atoms with Gasteiger partial charge in [-0.2, -0.15) is 0 Å². The molecule has 0 saturated carbocycles. The van der Waals surface area contributed by atoms with Gasteiger partial charge in [0.05, 0.1) is 12.4 Å². The van der Waals surface area contributed by atoms with Gasteiger partial charge in [-0.25, -0.2) is 4.98 Å². The van der Waals surface area contributed by atoms with Crippen molar-refractivity contribution in [1.82, 2.24) is 9.55 Å². The van der Waals surface area contributed by atoms with Gasteiger partial charge in [0.2, 0.25) is 0 Å². The maximum atomic E-state index is 6.39. The average molecular weight is 369 g/mol. The second-order valence-corrected chi connectivity index (χ2v) is 6.87. The van der Waals surface area contributed by atoms with Crippen LogP contribution in [0.1, 0.15) is 57.1 Å². The van der Waals surface area contributed by atoms with E-state index >= 15 is 0 Å². The Kier molecular flexibility index (Phi) is 8.65. The molecule has 0 N–H and O–H groups in total. The predicted molar refractivity (Wildman–Crippen MR) is 101 cm³/mol. The fourth-order valence-corrected chi connectivity index (χ4v) is 3.25. The lowest BCUT2D eigenvalue weighted by Crippen LogP contribution is -2.08. The number of imidazole rings is 1. The Labute approximate surface area is 154 Å². The number of halogens is 2. The van der Waals surface area contributed by atoms with Gasteiger partial charge >= 0.3 is 0 Å². The fourth-order valence-electron chi connectivity index (χ4n) is 2.72. The first-order valence-electron chi connectivity index (χ1n) is 8.73. The minimum absolute atomic E-state index is 0.0138. The molecule has 1 unspecified atom stereocenters. The molecule has 132 valence electrons. The largest absolute Gasteiger partial charge is 0.373 e. The highest BCUT2D eigenvalue weighted by Gasteiger charge is 2.15. The molecule has 2 rings (SSSR count). The first-order chi connectivity index (χ1) is 11.7. The lowest BCUT2D eigenvalue weighted by molar-refractivity contribution is 0.0419. The first kappa shape index (κ1) is 19.3. The third-order valence-corrected chi connectivity index (χ3v) is 4.63. The summed E-state index contributed by atoms with van der Waals surface area (Å²) in [7, 11) is 0. The molecule has 3 nitrogen and oxygen atoms in total. The summed E-state index contributed by atoms with van der Waals surface area (Å²) in [4.78, 5) is 4.08. The molecule has 0 bridgehead atoms. The van der Waals surface area contributed by atoms with E-state index in [-0.39, 0.29) is 6.10 Å². The van der Waals surface area contributed by atoms with Gasteiger partial charge in [-0.1, -0.05) is 55.5 Å². The van der Waals surface area contributed by atoms with Crippen LogP contribution in [0.25, 0.3) is 0 Å². The Bertz CT molecular complexity index is 587. The quantitative estimate of drug-likeness (QED) is 0.434. The van der Waals surface area contributed by atoms with Gasteiger partial charge in [-0.3, -0.25) is 0 Å². The Morgan fingerprint density at radius 1 is 1.17 bits per heavy atom. The van der Waals surface area contributed by atoms with Gasteiger partial charge < -0.3 is 9.30 Å². The van der Waals surface area contributed by atoms with E-state index in [1.54, 1.807) is 12.3 Å². The van der Waals surface area contributed by atoms with Crippen molar-refractivity contribution in [2.75, 3.05) is 6.61 Å². The van der Waals surface area contributed by atoms with Crippen molar-refractivity contribution in [3.63, 3.8) is 0 Å². The Morgan fingerprint density at radius 2 is 2.04 bits per heavy atom. The minimum atomic E-state index is 0.0138. The van der Waals surface area contributed by atoms with Gasteiger partial charge in [0.1, 0.15) is 0 Å². The van der Waals surface area contributed by atoms with Crippen LogP contribution in [0.4, 0.5) is 0 Å². The first-order valence-corrected chi connectivity index (χ1v) is 9.48. The van der Waals surface area contributed by atoms with E-state index in [1.807, 2.05) is 24.7 Å². The maximum Gasteiger partial charge on any atom is 0.0945 e. The molecular formula is C19H26Cl2N2O. The summed E-state index contributed by atoms with van der Waals surface area (Å²) in [5, 5.41) is 1.34. The second-order valence-electron chi connectivity index (χ2n) is 6.03. The van der Waals surface area contributed by atoms with Crippen molar-refractivity contribution >= 4 is 23.2 Å². The molecule has 2 aromatic rings. The molecule has 0 spiro atoms. The van der Waals surface area contributed by atoms with Gasteiger partial charge in [0.15, 0.2) is 0 Å². The molecule has 0 fully saturated rings. The van der Waals surface area contributed by atoms with Crippen molar-refractivity contribution in [3.8, 4) is 0 Å². The third kappa shape index (κ3) is 6.46. The van der Waals surface area contributed by atoms with E-state index in [1.165, 1.54) is 19.3 Å². The van der Waals surface area contributed by atoms with E-state index in [0.717, 1.165) is 38.0 Å². The van der Waals surface area contributed by atoms with Gasteiger partial charge in [-0.05, 0) is 37.0 Å². The molecule has 5 heteroatoms.